The second kappa shape index (κ2) is 5.36. The van der Waals surface area contributed by atoms with Crippen LogP contribution < -0.4 is 5.32 Å². The quantitative estimate of drug-likeness (QED) is 0.758. The molecule has 1 aromatic heterocycles. The van der Waals surface area contributed by atoms with E-state index in [2.05, 4.69) is 16.3 Å². The summed E-state index contributed by atoms with van der Waals surface area (Å²) in [5.74, 6) is 2.36. The third kappa shape index (κ3) is 2.86. The van der Waals surface area contributed by atoms with E-state index in [4.69, 9.17) is 6.42 Å². The SMILES string of the molecule is C#CCNC(=O)CCc1c(C)nn(C)c1C. The minimum atomic E-state index is -0.0133. The Morgan fingerprint density at radius 3 is 2.75 bits per heavy atom. The molecule has 0 saturated carbocycles. The average molecular weight is 219 g/mol. The van der Waals surface area contributed by atoms with Crippen LogP contribution in [0.1, 0.15) is 23.4 Å². The number of hydrogen-bond donors (Lipinski definition) is 1. The van der Waals surface area contributed by atoms with Gasteiger partial charge in [0.2, 0.25) is 5.91 Å². The molecule has 1 N–H and O–H groups in total. The zero-order valence-electron chi connectivity index (χ0n) is 10.0. The fourth-order valence-electron chi connectivity index (χ4n) is 1.66. The Labute approximate surface area is 96.0 Å². The monoisotopic (exact) mass is 219 g/mol. The van der Waals surface area contributed by atoms with Crippen LogP contribution in [0.25, 0.3) is 0 Å². The molecule has 1 aromatic rings. The third-order valence-electron chi connectivity index (χ3n) is 2.65. The lowest BCUT2D eigenvalue weighted by atomic mass is 10.1. The summed E-state index contributed by atoms with van der Waals surface area (Å²) < 4.78 is 1.84. The van der Waals surface area contributed by atoms with Crippen molar-refractivity contribution in [2.45, 2.75) is 26.7 Å². The molecule has 0 radical (unpaired) electrons. The van der Waals surface area contributed by atoms with Crippen LogP contribution in [0.2, 0.25) is 0 Å². The maximum Gasteiger partial charge on any atom is 0.221 e. The van der Waals surface area contributed by atoms with Gasteiger partial charge in [0.25, 0.3) is 0 Å². The molecule has 4 nitrogen and oxygen atoms in total. The average Bonchev–Trinajstić information content (AvgIpc) is 2.48. The highest BCUT2D eigenvalue weighted by atomic mass is 16.1. The van der Waals surface area contributed by atoms with Crippen molar-refractivity contribution in [2.75, 3.05) is 6.54 Å². The van der Waals surface area contributed by atoms with E-state index in [-0.39, 0.29) is 5.91 Å². The molecule has 0 fully saturated rings. The van der Waals surface area contributed by atoms with Crippen molar-refractivity contribution in [3.8, 4) is 12.3 Å². The van der Waals surface area contributed by atoms with Gasteiger partial charge in [0.15, 0.2) is 0 Å². The number of nitrogens with one attached hydrogen (secondary N) is 1. The van der Waals surface area contributed by atoms with Crippen LogP contribution >= 0.6 is 0 Å². The van der Waals surface area contributed by atoms with Crippen LogP contribution in [0, 0.1) is 26.2 Å². The maximum absolute atomic E-state index is 11.4. The molecule has 0 aromatic carbocycles. The molecule has 1 heterocycles. The molecular formula is C12H17N3O. The number of carbonyl (C=O) groups excluding carboxylic acids is 1. The van der Waals surface area contributed by atoms with E-state index in [0.29, 0.717) is 19.4 Å². The molecule has 0 aliphatic carbocycles. The highest BCUT2D eigenvalue weighted by molar-refractivity contribution is 5.76. The van der Waals surface area contributed by atoms with Gasteiger partial charge in [0.1, 0.15) is 0 Å². The summed E-state index contributed by atoms with van der Waals surface area (Å²) in [6.07, 6.45) is 6.22. The topological polar surface area (TPSA) is 46.9 Å². The van der Waals surface area contributed by atoms with Crippen LogP contribution in [0.5, 0.6) is 0 Å². The van der Waals surface area contributed by atoms with Gasteiger partial charge in [0, 0.05) is 19.2 Å². The first kappa shape index (κ1) is 12.3. The molecule has 0 unspecified atom stereocenters. The Hall–Kier alpha value is -1.76. The molecule has 16 heavy (non-hydrogen) atoms. The number of terminal acetylenes is 1. The number of carbonyl (C=O) groups is 1. The molecule has 1 amide bonds. The Balaban J connectivity index is 2.55. The normalized spacial score (nSPS) is 9.88. The second-order valence-corrected chi connectivity index (χ2v) is 3.75. The van der Waals surface area contributed by atoms with Crippen LogP contribution in [-0.2, 0) is 18.3 Å². The Morgan fingerprint density at radius 1 is 1.56 bits per heavy atom. The van der Waals surface area contributed by atoms with Crippen LogP contribution in [0.15, 0.2) is 0 Å². The standard InChI is InChI=1S/C12H17N3O/c1-5-8-13-12(16)7-6-11-9(2)14-15(4)10(11)3/h1H,6-8H2,2-4H3,(H,13,16). The summed E-state index contributed by atoms with van der Waals surface area (Å²) in [6, 6.07) is 0. The van der Waals surface area contributed by atoms with Crippen molar-refractivity contribution in [1.82, 2.24) is 15.1 Å². The lowest BCUT2D eigenvalue weighted by molar-refractivity contribution is -0.120. The summed E-state index contributed by atoms with van der Waals surface area (Å²) >= 11 is 0. The summed E-state index contributed by atoms with van der Waals surface area (Å²) in [6.45, 7) is 4.26. The number of aryl methyl sites for hydroxylation is 2. The molecule has 0 atom stereocenters. The smallest absolute Gasteiger partial charge is 0.221 e. The summed E-state index contributed by atoms with van der Waals surface area (Å²) in [7, 11) is 1.91. The minimum absolute atomic E-state index is 0.0133. The van der Waals surface area contributed by atoms with Gasteiger partial charge in [-0.05, 0) is 25.8 Å². The molecular weight excluding hydrogens is 202 g/mol. The van der Waals surface area contributed by atoms with Gasteiger partial charge in [-0.3, -0.25) is 9.48 Å². The van der Waals surface area contributed by atoms with Crippen molar-refractivity contribution in [3.05, 3.63) is 17.0 Å². The van der Waals surface area contributed by atoms with E-state index in [1.165, 1.54) is 0 Å². The Bertz CT molecular complexity index is 426. The summed E-state index contributed by atoms with van der Waals surface area (Å²) in [5, 5.41) is 6.95. The van der Waals surface area contributed by atoms with Gasteiger partial charge >= 0.3 is 0 Å². The highest BCUT2D eigenvalue weighted by Crippen LogP contribution is 2.13. The van der Waals surface area contributed by atoms with Crippen molar-refractivity contribution in [1.29, 1.82) is 0 Å². The van der Waals surface area contributed by atoms with Gasteiger partial charge in [-0.25, -0.2) is 0 Å². The lowest BCUT2D eigenvalue weighted by Gasteiger charge is -2.02. The van der Waals surface area contributed by atoms with Gasteiger partial charge in [-0.1, -0.05) is 5.92 Å². The van der Waals surface area contributed by atoms with Gasteiger partial charge in [-0.15, -0.1) is 6.42 Å². The third-order valence-corrected chi connectivity index (χ3v) is 2.65. The van der Waals surface area contributed by atoms with Gasteiger partial charge in [0.05, 0.1) is 12.2 Å². The molecule has 0 aliphatic rings. The predicted octanol–water partition coefficient (Wildman–Crippen LogP) is 0.719. The van der Waals surface area contributed by atoms with Crippen molar-refractivity contribution in [3.63, 3.8) is 0 Å². The van der Waals surface area contributed by atoms with Crippen LogP contribution in [0.4, 0.5) is 0 Å². The van der Waals surface area contributed by atoms with E-state index >= 15 is 0 Å². The van der Waals surface area contributed by atoms with E-state index in [1.807, 2.05) is 25.6 Å². The summed E-state index contributed by atoms with van der Waals surface area (Å²) in [4.78, 5) is 11.4. The van der Waals surface area contributed by atoms with Gasteiger partial charge in [-0.2, -0.15) is 5.10 Å². The van der Waals surface area contributed by atoms with Crippen molar-refractivity contribution >= 4 is 5.91 Å². The molecule has 86 valence electrons. The largest absolute Gasteiger partial charge is 0.345 e. The highest BCUT2D eigenvalue weighted by Gasteiger charge is 2.10. The number of amides is 1. The van der Waals surface area contributed by atoms with E-state index in [9.17, 15) is 4.79 Å². The maximum atomic E-state index is 11.4. The minimum Gasteiger partial charge on any atom is -0.345 e. The molecule has 0 spiro atoms. The molecule has 0 bridgehead atoms. The molecule has 1 rings (SSSR count). The number of nitrogens with zero attached hydrogens (tertiary/aromatic N) is 2. The fourth-order valence-corrected chi connectivity index (χ4v) is 1.66. The number of aromatic nitrogens is 2. The zero-order chi connectivity index (χ0) is 12.1. The Morgan fingerprint density at radius 2 is 2.25 bits per heavy atom. The van der Waals surface area contributed by atoms with E-state index in [0.717, 1.165) is 17.0 Å². The number of hydrogen-bond acceptors (Lipinski definition) is 2. The first-order valence-electron chi connectivity index (χ1n) is 5.25. The second-order valence-electron chi connectivity index (χ2n) is 3.75. The van der Waals surface area contributed by atoms with Crippen LogP contribution in [-0.4, -0.2) is 22.2 Å². The summed E-state index contributed by atoms with van der Waals surface area (Å²) in [5.41, 5.74) is 3.25. The van der Waals surface area contributed by atoms with E-state index in [1.54, 1.807) is 0 Å². The fraction of sp³-hybridized carbons (Fsp3) is 0.500. The molecule has 0 saturated heterocycles. The lowest BCUT2D eigenvalue weighted by Crippen LogP contribution is -2.23. The molecule has 4 heteroatoms. The van der Waals surface area contributed by atoms with E-state index < -0.39 is 0 Å². The van der Waals surface area contributed by atoms with Crippen molar-refractivity contribution in [2.24, 2.45) is 7.05 Å². The van der Waals surface area contributed by atoms with Gasteiger partial charge < -0.3 is 5.32 Å². The predicted molar refractivity (Wildman–Crippen MR) is 62.8 cm³/mol. The first-order chi connectivity index (χ1) is 7.56. The first-order valence-corrected chi connectivity index (χ1v) is 5.25. The Kier molecular flexibility index (Phi) is 4.12. The molecule has 0 aliphatic heterocycles. The van der Waals surface area contributed by atoms with Crippen molar-refractivity contribution < 1.29 is 4.79 Å². The van der Waals surface area contributed by atoms with Crippen LogP contribution in [0.3, 0.4) is 0 Å². The zero-order valence-corrected chi connectivity index (χ0v) is 10.0. The number of rotatable bonds is 4.